The summed E-state index contributed by atoms with van der Waals surface area (Å²) in [6, 6.07) is 7.19. The first-order valence-electron chi connectivity index (χ1n) is 6.94. The van der Waals surface area contributed by atoms with Gasteiger partial charge in [-0.1, -0.05) is 18.2 Å². The number of nitrogens with zero attached hydrogens (tertiary/aromatic N) is 2. The summed E-state index contributed by atoms with van der Waals surface area (Å²) < 4.78 is 10.6. The molecule has 0 spiro atoms. The lowest BCUT2D eigenvalue weighted by atomic mass is 9.90. The summed E-state index contributed by atoms with van der Waals surface area (Å²) in [6.07, 6.45) is -0.600. The summed E-state index contributed by atoms with van der Waals surface area (Å²) >= 11 is 0. The topological polar surface area (TPSA) is 94.3 Å². The summed E-state index contributed by atoms with van der Waals surface area (Å²) in [5.41, 5.74) is 1.39. The molecule has 2 heterocycles. The van der Waals surface area contributed by atoms with Crippen molar-refractivity contribution in [2.45, 2.75) is 32.3 Å². The highest BCUT2D eigenvalue weighted by molar-refractivity contribution is 5.99. The highest BCUT2D eigenvalue weighted by Crippen LogP contribution is 2.34. The van der Waals surface area contributed by atoms with Gasteiger partial charge in [0.05, 0.1) is 5.92 Å². The van der Waals surface area contributed by atoms with E-state index in [1.54, 1.807) is 26.0 Å². The quantitative estimate of drug-likeness (QED) is 0.872. The Morgan fingerprint density at radius 2 is 2.18 bits per heavy atom. The molecule has 7 nitrogen and oxygen atoms in total. The molecule has 1 N–H and O–H groups in total. The van der Waals surface area contributed by atoms with Crippen molar-refractivity contribution in [3.8, 4) is 0 Å². The van der Waals surface area contributed by atoms with Crippen LogP contribution < -0.4 is 5.32 Å². The van der Waals surface area contributed by atoms with Gasteiger partial charge in [-0.25, -0.2) is 0 Å². The van der Waals surface area contributed by atoms with E-state index in [-0.39, 0.29) is 18.2 Å². The summed E-state index contributed by atoms with van der Waals surface area (Å²) in [7, 11) is 0. The molecule has 3 rings (SSSR count). The fraction of sp³-hybridized carbons (Fsp3) is 0.333. The van der Waals surface area contributed by atoms with Crippen LogP contribution in [-0.4, -0.2) is 22.1 Å². The van der Waals surface area contributed by atoms with E-state index in [0.29, 0.717) is 11.6 Å². The van der Waals surface area contributed by atoms with Crippen molar-refractivity contribution in [1.82, 2.24) is 10.2 Å². The predicted octanol–water partition coefficient (Wildman–Crippen LogP) is 2.11. The molecule has 2 aromatic rings. The normalized spacial score (nSPS) is 18.3. The van der Waals surface area contributed by atoms with Crippen molar-refractivity contribution in [2.75, 3.05) is 5.32 Å². The number of ether oxygens (including phenoxy) is 1. The zero-order valence-electron chi connectivity index (χ0n) is 12.2. The Labute approximate surface area is 126 Å². The maximum absolute atomic E-state index is 12.4. The molecule has 0 radical (unpaired) electrons. The Morgan fingerprint density at radius 1 is 1.41 bits per heavy atom. The summed E-state index contributed by atoms with van der Waals surface area (Å²) in [5.74, 6) is -0.677. The third-order valence-corrected chi connectivity index (χ3v) is 3.47. The summed E-state index contributed by atoms with van der Waals surface area (Å²) in [5, 5.41) is 10.3. The van der Waals surface area contributed by atoms with Crippen LogP contribution in [0.3, 0.4) is 0 Å². The van der Waals surface area contributed by atoms with Gasteiger partial charge in [0.25, 0.3) is 5.89 Å². The van der Waals surface area contributed by atoms with Gasteiger partial charge < -0.3 is 14.5 Å². The molecule has 2 atom stereocenters. The Morgan fingerprint density at radius 3 is 2.91 bits per heavy atom. The van der Waals surface area contributed by atoms with Crippen LogP contribution in [0.25, 0.3) is 0 Å². The highest BCUT2D eigenvalue weighted by Gasteiger charge is 2.33. The van der Waals surface area contributed by atoms with Crippen LogP contribution in [0.5, 0.6) is 0 Å². The Balaban J connectivity index is 1.79. The number of amides is 1. The number of anilines is 1. The molecule has 0 bridgehead atoms. The fourth-order valence-electron chi connectivity index (χ4n) is 2.40. The summed E-state index contributed by atoms with van der Waals surface area (Å²) in [4.78, 5) is 24.1. The SMILES string of the molecule is Cc1nnc([C@H](C)OC(=O)[C@@H]2CC(=O)Nc3ccccc32)o1. The van der Waals surface area contributed by atoms with Crippen LogP contribution in [0.1, 0.15) is 42.7 Å². The molecular weight excluding hydrogens is 286 g/mol. The van der Waals surface area contributed by atoms with Crippen molar-refractivity contribution in [2.24, 2.45) is 0 Å². The number of nitrogens with one attached hydrogen (secondary N) is 1. The highest BCUT2D eigenvalue weighted by atomic mass is 16.6. The van der Waals surface area contributed by atoms with Crippen molar-refractivity contribution >= 4 is 17.6 Å². The van der Waals surface area contributed by atoms with E-state index < -0.39 is 18.0 Å². The van der Waals surface area contributed by atoms with E-state index in [9.17, 15) is 9.59 Å². The minimum absolute atomic E-state index is 0.0609. The first-order valence-corrected chi connectivity index (χ1v) is 6.94. The Kier molecular flexibility index (Phi) is 3.62. The first-order chi connectivity index (χ1) is 10.5. The van der Waals surface area contributed by atoms with Gasteiger partial charge in [0.2, 0.25) is 11.8 Å². The molecule has 7 heteroatoms. The number of esters is 1. The van der Waals surface area contributed by atoms with Gasteiger partial charge in [0.15, 0.2) is 6.10 Å². The molecule has 0 saturated heterocycles. The number of para-hydroxylation sites is 1. The minimum Gasteiger partial charge on any atom is -0.452 e. The van der Waals surface area contributed by atoms with Gasteiger partial charge in [-0.3, -0.25) is 9.59 Å². The number of carbonyl (C=O) groups is 2. The molecule has 1 aliphatic heterocycles. The van der Waals surface area contributed by atoms with E-state index in [1.807, 2.05) is 12.1 Å². The van der Waals surface area contributed by atoms with Gasteiger partial charge in [-0.05, 0) is 18.6 Å². The van der Waals surface area contributed by atoms with Gasteiger partial charge in [0.1, 0.15) is 0 Å². The van der Waals surface area contributed by atoms with Gasteiger partial charge in [0, 0.05) is 19.0 Å². The number of benzene rings is 1. The number of rotatable bonds is 3. The second kappa shape index (κ2) is 5.59. The van der Waals surface area contributed by atoms with Crippen LogP contribution in [0.4, 0.5) is 5.69 Å². The third kappa shape index (κ3) is 2.69. The zero-order chi connectivity index (χ0) is 15.7. The molecule has 114 valence electrons. The maximum Gasteiger partial charge on any atom is 0.314 e. The van der Waals surface area contributed by atoms with E-state index in [4.69, 9.17) is 9.15 Å². The number of aryl methyl sites for hydroxylation is 1. The lowest BCUT2D eigenvalue weighted by Crippen LogP contribution is -2.29. The first kappa shape index (κ1) is 14.2. The van der Waals surface area contributed by atoms with Crippen LogP contribution in [-0.2, 0) is 14.3 Å². The second-order valence-electron chi connectivity index (χ2n) is 5.13. The smallest absolute Gasteiger partial charge is 0.314 e. The largest absolute Gasteiger partial charge is 0.452 e. The lowest BCUT2D eigenvalue weighted by molar-refractivity contribution is -0.152. The Bertz CT molecular complexity index is 725. The van der Waals surface area contributed by atoms with Gasteiger partial charge in [-0.2, -0.15) is 0 Å². The maximum atomic E-state index is 12.4. The average molecular weight is 301 g/mol. The van der Waals surface area contributed by atoms with Crippen LogP contribution in [0.2, 0.25) is 0 Å². The van der Waals surface area contributed by atoms with Gasteiger partial charge in [-0.15, -0.1) is 10.2 Å². The number of carbonyl (C=O) groups excluding carboxylic acids is 2. The average Bonchev–Trinajstić information content (AvgIpc) is 2.93. The molecule has 0 aliphatic carbocycles. The van der Waals surface area contributed by atoms with E-state index in [0.717, 1.165) is 5.56 Å². The lowest BCUT2D eigenvalue weighted by Gasteiger charge is -2.24. The van der Waals surface area contributed by atoms with Crippen LogP contribution in [0, 0.1) is 6.92 Å². The number of hydrogen-bond donors (Lipinski definition) is 1. The van der Waals surface area contributed by atoms with E-state index in [2.05, 4.69) is 15.5 Å². The van der Waals surface area contributed by atoms with Crippen molar-refractivity contribution in [3.05, 3.63) is 41.6 Å². The molecule has 1 aromatic heterocycles. The predicted molar refractivity (Wildman–Crippen MR) is 76.0 cm³/mol. The number of fused-ring (bicyclic) bond motifs is 1. The van der Waals surface area contributed by atoms with Crippen molar-refractivity contribution in [1.29, 1.82) is 0 Å². The molecule has 1 amide bonds. The van der Waals surface area contributed by atoms with E-state index >= 15 is 0 Å². The van der Waals surface area contributed by atoms with E-state index in [1.165, 1.54) is 0 Å². The number of aromatic nitrogens is 2. The Hall–Kier alpha value is -2.70. The molecule has 0 unspecified atom stereocenters. The standard InChI is InChI=1S/C15H15N3O4/c1-8(14-18-17-9(2)22-14)21-15(20)11-7-13(19)16-12-6-4-3-5-10(11)12/h3-6,8,11H,7H2,1-2H3,(H,16,19)/t8-,11+/m0/s1. The number of hydrogen-bond acceptors (Lipinski definition) is 6. The molecule has 0 saturated carbocycles. The molecule has 1 aromatic carbocycles. The minimum atomic E-state index is -0.661. The summed E-state index contributed by atoms with van der Waals surface area (Å²) in [6.45, 7) is 3.31. The molecule has 1 aliphatic rings. The second-order valence-corrected chi connectivity index (χ2v) is 5.13. The molecular formula is C15H15N3O4. The molecule has 22 heavy (non-hydrogen) atoms. The van der Waals surface area contributed by atoms with Crippen LogP contribution >= 0.6 is 0 Å². The molecule has 0 fully saturated rings. The fourth-order valence-corrected chi connectivity index (χ4v) is 2.40. The monoisotopic (exact) mass is 301 g/mol. The van der Waals surface area contributed by atoms with Crippen molar-refractivity contribution < 1.29 is 18.7 Å². The zero-order valence-corrected chi connectivity index (χ0v) is 12.2. The van der Waals surface area contributed by atoms with Crippen LogP contribution in [0.15, 0.2) is 28.7 Å². The van der Waals surface area contributed by atoms with Gasteiger partial charge >= 0.3 is 5.97 Å². The third-order valence-electron chi connectivity index (χ3n) is 3.47. The van der Waals surface area contributed by atoms with Crippen molar-refractivity contribution in [3.63, 3.8) is 0 Å².